The van der Waals surface area contributed by atoms with Crippen LogP contribution in [0.3, 0.4) is 0 Å². The van der Waals surface area contributed by atoms with Gasteiger partial charge in [-0.1, -0.05) is 0 Å². The average Bonchev–Trinajstić information content (AvgIpc) is 2.70. The van der Waals surface area contributed by atoms with Gasteiger partial charge in [-0.3, -0.25) is 0 Å². The minimum Gasteiger partial charge on any atom is -0.376 e. The molecule has 0 aromatic carbocycles. The zero-order valence-electron chi connectivity index (χ0n) is 8.69. The maximum atomic E-state index is 5.73. The molecule has 0 saturated carbocycles. The third kappa shape index (κ3) is 2.79. The van der Waals surface area contributed by atoms with E-state index in [9.17, 15) is 0 Å². The van der Waals surface area contributed by atoms with Crippen LogP contribution in [0, 0.1) is 0 Å². The number of hydrogen-bond donors (Lipinski definition) is 0. The molecular weight excluding hydrogens is 214 g/mol. The van der Waals surface area contributed by atoms with E-state index in [0.29, 0.717) is 6.10 Å². The van der Waals surface area contributed by atoms with E-state index in [0.717, 1.165) is 31.8 Å². The molecule has 1 atom stereocenters. The van der Waals surface area contributed by atoms with Gasteiger partial charge in [0.05, 0.1) is 6.10 Å². The van der Waals surface area contributed by atoms with E-state index in [1.165, 1.54) is 0 Å². The lowest BCUT2D eigenvalue weighted by atomic mass is 10.2. The molecule has 2 heterocycles. The van der Waals surface area contributed by atoms with Gasteiger partial charge in [0.1, 0.15) is 5.82 Å². The molecule has 0 N–H and O–H groups in total. The van der Waals surface area contributed by atoms with Crippen LogP contribution < -0.4 is 4.90 Å². The van der Waals surface area contributed by atoms with E-state index in [1.54, 1.807) is 6.20 Å². The highest BCUT2D eigenvalue weighted by Gasteiger charge is 2.18. The smallest absolute Gasteiger partial charge is 0.224 e. The van der Waals surface area contributed by atoms with Crippen molar-refractivity contribution in [3.63, 3.8) is 0 Å². The van der Waals surface area contributed by atoms with Crippen LogP contribution in [0.25, 0.3) is 0 Å². The molecule has 0 bridgehead atoms. The zero-order valence-corrected chi connectivity index (χ0v) is 9.44. The van der Waals surface area contributed by atoms with Gasteiger partial charge in [-0.15, -0.1) is 0 Å². The molecule has 1 saturated heterocycles. The highest BCUT2D eigenvalue weighted by atomic mass is 35.5. The second kappa shape index (κ2) is 4.77. The van der Waals surface area contributed by atoms with Crippen LogP contribution in [0.2, 0.25) is 5.28 Å². The van der Waals surface area contributed by atoms with Gasteiger partial charge in [-0.2, -0.15) is 0 Å². The molecule has 0 aliphatic carbocycles. The SMILES string of the molecule is CN(CC1CCCO1)c1ccnc(Cl)n1. The van der Waals surface area contributed by atoms with Gasteiger partial charge in [0.15, 0.2) is 0 Å². The predicted octanol–water partition coefficient (Wildman–Crippen LogP) is 1.75. The van der Waals surface area contributed by atoms with E-state index in [2.05, 4.69) is 9.97 Å². The lowest BCUT2D eigenvalue weighted by molar-refractivity contribution is 0.116. The van der Waals surface area contributed by atoms with Crippen molar-refractivity contribution < 1.29 is 4.74 Å². The first-order valence-electron chi connectivity index (χ1n) is 5.07. The van der Waals surface area contributed by atoms with Crippen LogP contribution in [0.15, 0.2) is 12.3 Å². The monoisotopic (exact) mass is 227 g/mol. The highest BCUT2D eigenvalue weighted by molar-refractivity contribution is 6.28. The van der Waals surface area contributed by atoms with Crippen molar-refractivity contribution in [3.05, 3.63) is 17.5 Å². The minimum absolute atomic E-state index is 0.284. The van der Waals surface area contributed by atoms with Crippen molar-refractivity contribution in [1.29, 1.82) is 0 Å². The average molecular weight is 228 g/mol. The van der Waals surface area contributed by atoms with Crippen molar-refractivity contribution in [1.82, 2.24) is 9.97 Å². The summed E-state index contributed by atoms with van der Waals surface area (Å²) >= 11 is 5.73. The van der Waals surface area contributed by atoms with Gasteiger partial charge in [0.25, 0.3) is 0 Å². The topological polar surface area (TPSA) is 38.2 Å². The van der Waals surface area contributed by atoms with Crippen molar-refractivity contribution in [2.24, 2.45) is 0 Å². The first-order chi connectivity index (χ1) is 7.25. The quantitative estimate of drug-likeness (QED) is 0.738. The van der Waals surface area contributed by atoms with Crippen LogP contribution in [0.1, 0.15) is 12.8 Å². The van der Waals surface area contributed by atoms with Crippen molar-refractivity contribution in [2.45, 2.75) is 18.9 Å². The lowest BCUT2D eigenvalue weighted by Gasteiger charge is -2.21. The first-order valence-corrected chi connectivity index (χ1v) is 5.45. The minimum atomic E-state index is 0.284. The third-order valence-corrected chi connectivity index (χ3v) is 2.69. The first kappa shape index (κ1) is 10.6. The number of ether oxygens (including phenoxy) is 1. The molecule has 1 aliphatic rings. The summed E-state index contributed by atoms with van der Waals surface area (Å²) in [5.41, 5.74) is 0. The largest absolute Gasteiger partial charge is 0.376 e. The molecule has 82 valence electrons. The van der Waals surface area contributed by atoms with Gasteiger partial charge in [0, 0.05) is 26.4 Å². The fourth-order valence-corrected chi connectivity index (χ4v) is 1.87. The van der Waals surface area contributed by atoms with Gasteiger partial charge < -0.3 is 9.64 Å². The van der Waals surface area contributed by atoms with Crippen molar-refractivity contribution in [2.75, 3.05) is 25.1 Å². The normalized spacial score (nSPS) is 20.5. The molecule has 15 heavy (non-hydrogen) atoms. The summed E-state index contributed by atoms with van der Waals surface area (Å²) in [6, 6.07) is 1.85. The summed E-state index contributed by atoms with van der Waals surface area (Å²) in [6.45, 7) is 1.73. The Morgan fingerprint density at radius 1 is 1.67 bits per heavy atom. The number of nitrogens with zero attached hydrogens (tertiary/aromatic N) is 3. The summed E-state index contributed by atoms with van der Waals surface area (Å²) in [6.07, 6.45) is 4.27. The van der Waals surface area contributed by atoms with Crippen LogP contribution in [-0.2, 0) is 4.74 Å². The Kier molecular flexibility index (Phi) is 3.38. The number of rotatable bonds is 3. The van der Waals surface area contributed by atoms with Gasteiger partial charge >= 0.3 is 0 Å². The number of likely N-dealkylation sites (N-methyl/N-ethyl adjacent to an activating group) is 1. The molecule has 0 amide bonds. The fourth-order valence-electron chi connectivity index (χ4n) is 1.73. The lowest BCUT2D eigenvalue weighted by Crippen LogP contribution is -2.29. The summed E-state index contributed by atoms with van der Waals surface area (Å²) in [5.74, 6) is 0.838. The predicted molar refractivity (Wildman–Crippen MR) is 59.3 cm³/mol. The van der Waals surface area contributed by atoms with E-state index >= 15 is 0 Å². The van der Waals surface area contributed by atoms with E-state index in [4.69, 9.17) is 16.3 Å². The van der Waals surface area contributed by atoms with E-state index < -0.39 is 0 Å². The third-order valence-electron chi connectivity index (χ3n) is 2.50. The molecule has 5 heteroatoms. The molecule has 0 spiro atoms. The Labute approximate surface area is 94.2 Å². The Balaban J connectivity index is 1.97. The highest BCUT2D eigenvalue weighted by Crippen LogP contribution is 2.16. The molecule has 0 radical (unpaired) electrons. The van der Waals surface area contributed by atoms with Crippen LogP contribution >= 0.6 is 11.6 Å². The van der Waals surface area contributed by atoms with Crippen molar-refractivity contribution in [3.8, 4) is 0 Å². The molecule has 1 fully saturated rings. The maximum Gasteiger partial charge on any atom is 0.224 e. The number of halogens is 1. The summed E-state index contributed by atoms with van der Waals surface area (Å²) < 4.78 is 5.56. The van der Waals surface area contributed by atoms with Gasteiger partial charge in [-0.25, -0.2) is 9.97 Å². The van der Waals surface area contributed by atoms with E-state index in [-0.39, 0.29) is 5.28 Å². The molecule has 1 unspecified atom stereocenters. The molecule has 1 aromatic heterocycles. The van der Waals surface area contributed by atoms with E-state index in [1.807, 2.05) is 18.0 Å². The van der Waals surface area contributed by atoms with Crippen molar-refractivity contribution >= 4 is 17.4 Å². The van der Waals surface area contributed by atoms with Gasteiger partial charge in [0.2, 0.25) is 5.28 Å². The molecular formula is C10H14ClN3O. The summed E-state index contributed by atoms with van der Waals surface area (Å²) in [4.78, 5) is 10.0. The molecule has 4 nitrogen and oxygen atoms in total. The van der Waals surface area contributed by atoms with Crippen LogP contribution in [0.4, 0.5) is 5.82 Å². The Bertz CT molecular complexity index is 328. The number of aromatic nitrogens is 2. The van der Waals surface area contributed by atoms with Gasteiger partial charge in [-0.05, 0) is 30.5 Å². The second-order valence-corrected chi connectivity index (χ2v) is 4.04. The zero-order chi connectivity index (χ0) is 10.7. The fraction of sp³-hybridized carbons (Fsp3) is 0.600. The Morgan fingerprint density at radius 2 is 2.53 bits per heavy atom. The second-order valence-electron chi connectivity index (χ2n) is 3.70. The van der Waals surface area contributed by atoms with Crippen LogP contribution in [-0.4, -0.2) is 36.3 Å². The summed E-state index contributed by atoms with van der Waals surface area (Å²) in [7, 11) is 1.99. The summed E-state index contributed by atoms with van der Waals surface area (Å²) in [5, 5.41) is 0.284. The van der Waals surface area contributed by atoms with Crippen LogP contribution in [0.5, 0.6) is 0 Å². The molecule has 1 aromatic rings. The number of anilines is 1. The Morgan fingerprint density at radius 3 is 3.20 bits per heavy atom. The molecule has 2 rings (SSSR count). The number of hydrogen-bond acceptors (Lipinski definition) is 4. The Hall–Kier alpha value is -0.870. The maximum absolute atomic E-state index is 5.73. The standard InChI is InChI=1S/C10H14ClN3O/c1-14(7-8-3-2-6-15-8)9-4-5-12-10(11)13-9/h4-5,8H,2-3,6-7H2,1H3. The molecule has 1 aliphatic heterocycles.